The van der Waals surface area contributed by atoms with E-state index in [0.29, 0.717) is 70.0 Å². The van der Waals surface area contributed by atoms with E-state index < -0.39 is 58.0 Å². The van der Waals surface area contributed by atoms with Gasteiger partial charge in [0.15, 0.2) is 97.8 Å². The highest BCUT2D eigenvalue weighted by Crippen LogP contribution is 2.39. The lowest BCUT2D eigenvalue weighted by atomic mass is 9.99. The maximum Gasteiger partial charge on any atom is 0.233 e. The van der Waals surface area contributed by atoms with Crippen LogP contribution < -0.4 is 37.9 Å². The number of carbonyl (C=O) groups is 5. The summed E-state index contributed by atoms with van der Waals surface area (Å²) < 4.78 is 41.7. The molecule has 418 valence electrons. The average molecular weight is 1120 g/mol. The van der Waals surface area contributed by atoms with E-state index in [0.717, 1.165) is 35.4 Å². The molecule has 0 aliphatic carbocycles. The minimum Gasteiger partial charge on any atom is -0.504 e. The molecule has 8 aromatic rings. The molecule has 1 unspecified atom stereocenters. The van der Waals surface area contributed by atoms with E-state index in [1.165, 1.54) is 48.5 Å². The first-order valence-electron chi connectivity index (χ1n) is 24.4. The van der Waals surface area contributed by atoms with Gasteiger partial charge in [-0.05, 0) is 157 Å². The minimum absolute atomic E-state index is 0.0992. The highest BCUT2D eigenvalue weighted by molar-refractivity contribution is 6.50. The number of hydrogen-bond acceptors (Lipinski definition) is 22. The van der Waals surface area contributed by atoms with E-state index >= 15 is 0 Å². The van der Waals surface area contributed by atoms with E-state index in [2.05, 4.69) is 0 Å². The van der Waals surface area contributed by atoms with Crippen LogP contribution in [-0.2, 0) is 12.8 Å². The van der Waals surface area contributed by atoms with E-state index in [4.69, 9.17) is 48.1 Å². The molecule has 0 saturated carbocycles. The fourth-order valence-electron chi connectivity index (χ4n) is 8.11. The number of Topliss-reactive ketones (excluding diaryl/α,β-unsaturated/α-hetero) is 5. The monoisotopic (exact) mass is 1120 g/mol. The number of ether oxygens (including phenoxy) is 8. The number of aromatic hydroxyl groups is 8. The molecule has 0 saturated heterocycles. The average Bonchev–Trinajstić information content (AvgIpc) is 4.38. The molecule has 22 nitrogen and oxygen atoms in total. The largest absolute Gasteiger partial charge is 0.504 e. The van der Waals surface area contributed by atoms with Crippen molar-refractivity contribution in [2.24, 2.45) is 0 Å². The molecule has 4 aliphatic heterocycles. The first-order valence-corrected chi connectivity index (χ1v) is 24.4. The second-order valence-electron chi connectivity index (χ2n) is 18.0. The van der Waals surface area contributed by atoms with Gasteiger partial charge < -0.3 is 83.9 Å². The predicted molar refractivity (Wildman–Crippen MR) is 283 cm³/mol. The summed E-state index contributed by atoms with van der Waals surface area (Å²) in [7, 11) is 0. The summed E-state index contributed by atoms with van der Waals surface area (Å²) >= 11 is 0. The van der Waals surface area contributed by atoms with Crippen LogP contribution in [0.15, 0.2) is 146 Å². The van der Waals surface area contributed by atoms with Crippen LogP contribution in [0.3, 0.4) is 0 Å². The van der Waals surface area contributed by atoms with Gasteiger partial charge in [-0.15, -0.1) is 0 Å². The Bertz CT molecular complexity index is 3610. The van der Waals surface area contributed by atoms with Crippen LogP contribution >= 0.6 is 0 Å². The van der Waals surface area contributed by atoms with Crippen LogP contribution in [0.1, 0.15) is 74.6 Å². The highest BCUT2D eigenvalue weighted by Gasteiger charge is 2.27. The van der Waals surface area contributed by atoms with E-state index in [1.54, 1.807) is 72.8 Å². The molecule has 82 heavy (non-hydrogen) atoms. The molecule has 0 aromatic heterocycles. The highest BCUT2D eigenvalue weighted by atomic mass is 16.7. The molecule has 4 heterocycles. The van der Waals surface area contributed by atoms with Gasteiger partial charge in [-0.2, -0.15) is 0 Å². The van der Waals surface area contributed by atoms with E-state index in [9.17, 15) is 59.7 Å². The number of aliphatic hydroxyl groups excluding tert-OH is 1. The lowest BCUT2D eigenvalue weighted by Gasteiger charge is -2.11. The first-order chi connectivity index (χ1) is 39.4. The fourth-order valence-corrected chi connectivity index (χ4v) is 8.11. The Morgan fingerprint density at radius 3 is 0.951 bits per heavy atom. The summed E-state index contributed by atoms with van der Waals surface area (Å²) in [6.07, 6.45) is 0.0469. The number of benzene rings is 8. The predicted octanol–water partition coefficient (Wildman–Crippen LogP) is 8.14. The molecule has 22 heteroatoms. The summed E-state index contributed by atoms with van der Waals surface area (Å²) in [4.78, 5) is 60.9. The van der Waals surface area contributed by atoms with Crippen molar-refractivity contribution in [2.75, 3.05) is 27.2 Å². The van der Waals surface area contributed by atoms with Gasteiger partial charge in [0.2, 0.25) is 50.3 Å². The second kappa shape index (κ2) is 24.3. The van der Waals surface area contributed by atoms with Crippen molar-refractivity contribution in [1.82, 2.24) is 0 Å². The minimum atomic E-state index is -1.28. The summed E-state index contributed by atoms with van der Waals surface area (Å²) in [5.41, 5.74) is 2.90. The number of aryl methyl sites for hydroxylation is 2. The molecule has 0 bridgehead atoms. The second-order valence-corrected chi connectivity index (χ2v) is 18.0. The molecule has 0 amide bonds. The quantitative estimate of drug-likeness (QED) is 0.0316. The number of phenolic OH excluding ortho intramolecular Hbond substituents is 8. The molecular weight excluding hydrogens is 1070 g/mol. The Balaban J connectivity index is 0.000000132. The Kier molecular flexibility index (Phi) is 16.5. The Labute approximate surface area is 463 Å². The number of ketones is 5. The van der Waals surface area contributed by atoms with Crippen molar-refractivity contribution >= 4 is 28.9 Å². The number of carbonyl (C=O) groups excluding carboxylic acids is 5. The molecular formula is C60H46O22. The summed E-state index contributed by atoms with van der Waals surface area (Å²) in [5, 5.41) is 84.3. The fraction of sp³-hybridized carbons (Fsp3) is 0.117. The standard InChI is InChI=1S/C16H12O6.C16H10O6.C14H10O6.C14H14O4/c2*17-15(9-1-3-11-13(5-9)21-7-19-11)16(18)10-2-4-12-14(6-10)22-8-20-12;15-9-3-1-7(5-11(9)17)13(19)14(20)8-2-4-10(16)12(18)6-8;15-11-5-3-9(7-13(11)17)1-2-10-4-6-12(16)14(18)8-10/h1-6,15,17H,7-8H2;1-6H,7-8H2;1-6,15-18H;3-8,15-18H,1-2H2. The van der Waals surface area contributed by atoms with E-state index in [1.807, 2.05) is 0 Å². The smallest absolute Gasteiger partial charge is 0.233 e. The zero-order chi connectivity index (χ0) is 58.2. The molecule has 4 aliphatic rings. The van der Waals surface area contributed by atoms with E-state index in [-0.39, 0.29) is 72.4 Å². The zero-order valence-corrected chi connectivity index (χ0v) is 42.5. The maximum atomic E-state index is 12.4. The van der Waals surface area contributed by atoms with Crippen molar-refractivity contribution in [2.45, 2.75) is 18.9 Å². The molecule has 9 N–H and O–H groups in total. The van der Waals surface area contributed by atoms with Crippen molar-refractivity contribution in [1.29, 1.82) is 0 Å². The third kappa shape index (κ3) is 12.7. The van der Waals surface area contributed by atoms with Gasteiger partial charge in [-0.1, -0.05) is 18.2 Å². The molecule has 8 aromatic carbocycles. The molecule has 12 rings (SSSR count). The molecule has 1 atom stereocenters. The Hall–Kier alpha value is -11.1. The topological polar surface area (TPSA) is 341 Å². The maximum absolute atomic E-state index is 12.4. The molecule has 0 radical (unpaired) electrons. The van der Waals surface area contributed by atoms with Crippen LogP contribution in [0.2, 0.25) is 0 Å². The summed E-state index contributed by atoms with van der Waals surface area (Å²) in [6, 6.07) is 34.9. The van der Waals surface area contributed by atoms with Crippen molar-refractivity contribution < 1.29 is 108 Å². The van der Waals surface area contributed by atoms with Crippen LogP contribution in [0, 0.1) is 0 Å². The number of rotatable bonds is 12. The van der Waals surface area contributed by atoms with Crippen molar-refractivity contribution in [3.05, 3.63) is 190 Å². The van der Waals surface area contributed by atoms with Crippen molar-refractivity contribution in [3.8, 4) is 92.0 Å². The van der Waals surface area contributed by atoms with Gasteiger partial charge in [0.1, 0.15) is 6.10 Å². The SMILES string of the molecule is O=C(C(=O)c1ccc(O)c(O)c1)c1ccc(O)c(O)c1.O=C(C(=O)c1ccc2c(c1)OCO2)c1ccc2c(c1)OCO2.O=C(c1ccc2c(c1)OCO2)C(O)c1ccc2c(c1)OCO2.Oc1ccc(CCc2ccc(O)c(O)c2)cc1O. The van der Waals surface area contributed by atoms with Crippen LogP contribution in [0.25, 0.3) is 0 Å². The van der Waals surface area contributed by atoms with Crippen molar-refractivity contribution in [3.63, 3.8) is 0 Å². The number of phenols is 8. The summed E-state index contributed by atoms with van der Waals surface area (Å²) in [5.74, 6) is -1.60. The van der Waals surface area contributed by atoms with Gasteiger partial charge in [-0.25, -0.2) is 0 Å². The van der Waals surface area contributed by atoms with Crippen LogP contribution in [-0.4, -0.2) is 102 Å². The van der Waals surface area contributed by atoms with Gasteiger partial charge >= 0.3 is 0 Å². The normalized spacial score (nSPS) is 12.7. The number of hydrogen-bond donors (Lipinski definition) is 9. The number of fused-ring (bicyclic) bond motifs is 4. The third-order valence-corrected chi connectivity index (χ3v) is 12.6. The van der Waals surface area contributed by atoms with Gasteiger partial charge in [-0.3, -0.25) is 24.0 Å². The lowest BCUT2D eigenvalue weighted by molar-refractivity contribution is 0.0746. The number of aliphatic hydroxyl groups is 1. The Morgan fingerprint density at radius 2 is 0.585 bits per heavy atom. The lowest BCUT2D eigenvalue weighted by Crippen LogP contribution is -2.14. The van der Waals surface area contributed by atoms with Gasteiger partial charge in [0.25, 0.3) is 0 Å². The molecule has 0 spiro atoms. The van der Waals surface area contributed by atoms with Gasteiger partial charge in [0.05, 0.1) is 0 Å². The zero-order valence-electron chi connectivity index (χ0n) is 42.5. The first kappa shape index (κ1) is 55.6. The summed E-state index contributed by atoms with van der Waals surface area (Å²) in [6.45, 7) is 0.509. The van der Waals surface area contributed by atoms with Crippen LogP contribution in [0.5, 0.6) is 92.0 Å². The third-order valence-electron chi connectivity index (χ3n) is 12.6. The Morgan fingerprint density at radius 1 is 0.305 bits per heavy atom. The van der Waals surface area contributed by atoms with Crippen LogP contribution in [0.4, 0.5) is 0 Å². The van der Waals surface area contributed by atoms with Gasteiger partial charge in [0, 0.05) is 27.8 Å². The molecule has 0 fully saturated rings.